The molecule has 0 radical (unpaired) electrons. The summed E-state index contributed by atoms with van der Waals surface area (Å²) in [5, 5.41) is -1.16. The first-order chi connectivity index (χ1) is 6.31. The molecule has 0 heterocycles. The topological polar surface area (TPSA) is 72.5 Å². The number of carbonyl (C=O) groups excluding carboxylic acids is 1. The van der Waals surface area contributed by atoms with Crippen molar-refractivity contribution in [2.45, 2.75) is 26.0 Å². The van der Waals surface area contributed by atoms with Crippen molar-refractivity contribution in [3.8, 4) is 0 Å². The Bertz CT molecular complexity index is 284. The van der Waals surface area contributed by atoms with E-state index in [-0.39, 0.29) is 5.92 Å². The number of hydrogen-bond acceptors (Lipinski definition) is 4. The normalized spacial score (nSPS) is 14.1. The first-order valence-electron chi connectivity index (χ1n) is 4.37. The first kappa shape index (κ1) is 13.4. The molecule has 0 aromatic heterocycles. The van der Waals surface area contributed by atoms with E-state index < -0.39 is 21.2 Å². The van der Waals surface area contributed by atoms with Crippen molar-refractivity contribution in [1.82, 2.24) is 4.72 Å². The van der Waals surface area contributed by atoms with Crippen LogP contribution >= 0.6 is 0 Å². The van der Waals surface area contributed by atoms with E-state index in [4.69, 9.17) is 0 Å². The highest BCUT2D eigenvalue weighted by molar-refractivity contribution is 7.90. The highest BCUT2D eigenvalue weighted by Crippen LogP contribution is 2.01. The third-order valence-electron chi connectivity index (χ3n) is 1.69. The maximum atomic E-state index is 11.4. The molecule has 6 heteroatoms. The van der Waals surface area contributed by atoms with E-state index in [1.807, 2.05) is 13.8 Å². The fraction of sp³-hybridized carbons (Fsp3) is 0.875. The highest BCUT2D eigenvalue weighted by atomic mass is 32.2. The van der Waals surface area contributed by atoms with Gasteiger partial charge < -0.3 is 4.74 Å². The zero-order valence-electron chi connectivity index (χ0n) is 8.90. The van der Waals surface area contributed by atoms with E-state index in [2.05, 4.69) is 9.46 Å². The number of rotatable bonds is 5. The van der Waals surface area contributed by atoms with Gasteiger partial charge in [-0.15, -0.1) is 0 Å². The minimum atomic E-state index is -3.59. The summed E-state index contributed by atoms with van der Waals surface area (Å²) in [7, 11) is -2.43. The average Bonchev–Trinajstić information content (AvgIpc) is 2.12. The lowest BCUT2D eigenvalue weighted by molar-refractivity contribution is -0.139. The molecule has 1 N–H and O–H groups in total. The van der Waals surface area contributed by atoms with Gasteiger partial charge in [0.25, 0.3) is 0 Å². The molecule has 84 valence electrons. The van der Waals surface area contributed by atoms with E-state index in [9.17, 15) is 13.2 Å². The van der Waals surface area contributed by atoms with Gasteiger partial charge >= 0.3 is 5.97 Å². The number of sulfonamides is 1. The summed E-state index contributed by atoms with van der Waals surface area (Å²) >= 11 is 0. The van der Waals surface area contributed by atoms with Crippen LogP contribution in [0.1, 0.15) is 20.8 Å². The molecule has 0 fully saturated rings. The van der Waals surface area contributed by atoms with Crippen LogP contribution in [-0.2, 0) is 19.6 Å². The molecule has 1 atom stereocenters. The Morgan fingerprint density at radius 2 is 1.86 bits per heavy atom. The standard InChI is InChI=1S/C8H17NO4S/c1-6(2)5-9-14(11,12)7(3)8(10)13-4/h6-7,9H,5H2,1-4H3. The van der Waals surface area contributed by atoms with Gasteiger partial charge in [0, 0.05) is 6.54 Å². The van der Waals surface area contributed by atoms with Crippen molar-refractivity contribution in [3.63, 3.8) is 0 Å². The summed E-state index contributed by atoms with van der Waals surface area (Å²) in [4.78, 5) is 11.0. The summed E-state index contributed by atoms with van der Waals surface area (Å²) < 4.78 is 29.5. The number of esters is 1. The molecule has 0 spiro atoms. The molecule has 0 amide bonds. The molecule has 0 aliphatic rings. The summed E-state index contributed by atoms with van der Waals surface area (Å²) in [5.74, 6) is -0.545. The van der Waals surface area contributed by atoms with Crippen LogP contribution in [0.3, 0.4) is 0 Å². The molecule has 5 nitrogen and oxygen atoms in total. The zero-order chi connectivity index (χ0) is 11.4. The lowest BCUT2D eigenvalue weighted by Crippen LogP contribution is -2.39. The van der Waals surface area contributed by atoms with Crippen LogP contribution in [0.4, 0.5) is 0 Å². The Kier molecular flexibility index (Phi) is 5.07. The Labute approximate surface area is 84.9 Å². The summed E-state index contributed by atoms with van der Waals surface area (Å²) in [5.41, 5.74) is 0. The van der Waals surface area contributed by atoms with Crippen LogP contribution in [0.5, 0.6) is 0 Å². The number of ether oxygens (including phenoxy) is 1. The summed E-state index contributed by atoms with van der Waals surface area (Å²) in [6, 6.07) is 0. The van der Waals surface area contributed by atoms with Gasteiger partial charge in [-0.3, -0.25) is 4.79 Å². The molecular weight excluding hydrogens is 206 g/mol. The second-order valence-corrected chi connectivity index (χ2v) is 5.54. The van der Waals surface area contributed by atoms with Crippen LogP contribution in [0.15, 0.2) is 0 Å². The number of carbonyl (C=O) groups is 1. The maximum absolute atomic E-state index is 11.4. The van der Waals surface area contributed by atoms with Crippen LogP contribution in [0.2, 0.25) is 0 Å². The molecule has 0 saturated heterocycles. The van der Waals surface area contributed by atoms with Crippen molar-refractivity contribution in [2.75, 3.05) is 13.7 Å². The van der Waals surface area contributed by atoms with Crippen molar-refractivity contribution in [2.24, 2.45) is 5.92 Å². The van der Waals surface area contributed by atoms with Gasteiger partial charge in [-0.05, 0) is 12.8 Å². The molecule has 0 saturated carbocycles. The van der Waals surface area contributed by atoms with Crippen LogP contribution in [-0.4, -0.2) is 33.3 Å². The smallest absolute Gasteiger partial charge is 0.325 e. The average molecular weight is 223 g/mol. The van der Waals surface area contributed by atoms with E-state index in [0.29, 0.717) is 6.54 Å². The number of hydrogen-bond donors (Lipinski definition) is 1. The van der Waals surface area contributed by atoms with Crippen LogP contribution in [0.25, 0.3) is 0 Å². The lowest BCUT2D eigenvalue weighted by Gasteiger charge is -2.12. The second-order valence-electron chi connectivity index (χ2n) is 3.45. The van der Waals surface area contributed by atoms with Gasteiger partial charge in [-0.2, -0.15) is 0 Å². The van der Waals surface area contributed by atoms with Gasteiger partial charge in [-0.1, -0.05) is 13.8 Å². The molecule has 0 bridgehead atoms. The summed E-state index contributed by atoms with van der Waals surface area (Å²) in [6.45, 7) is 5.38. The third-order valence-corrected chi connectivity index (χ3v) is 3.38. The molecule has 0 aromatic rings. The monoisotopic (exact) mass is 223 g/mol. The zero-order valence-corrected chi connectivity index (χ0v) is 9.72. The van der Waals surface area contributed by atoms with E-state index in [1.54, 1.807) is 0 Å². The fourth-order valence-electron chi connectivity index (χ4n) is 0.700. The lowest BCUT2D eigenvalue weighted by atomic mass is 10.2. The van der Waals surface area contributed by atoms with Gasteiger partial charge in [-0.25, -0.2) is 13.1 Å². The maximum Gasteiger partial charge on any atom is 0.325 e. The Morgan fingerprint density at radius 1 is 1.36 bits per heavy atom. The van der Waals surface area contributed by atoms with Crippen molar-refractivity contribution < 1.29 is 17.9 Å². The fourth-order valence-corrected chi connectivity index (χ4v) is 1.87. The van der Waals surface area contributed by atoms with Gasteiger partial charge in [0.2, 0.25) is 10.0 Å². The Balaban J connectivity index is 4.39. The van der Waals surface area contributed by atoms with Crippen LogP contribution < -0.4 is 4.72 Å². The molecular formula is C8H17NO4S. The minimum Gasteiger partial charge on any atom is -0.468 e. The van der Waals surface area contributed by atoms with Crippen molar-refractivity contribution >= 4 is 16.0 Å². The van der Waals surface area contributed by atoms with E-state index in [0.717, 1.165) is 7.11 Å². The molecule has 0 aliphatic carbocycles. The van der Waals surface area contributed by atoms with Crippen molar-refractivity contribution in [1.29, 1.82) is 0 Å². The predicted molar refractivity (Wildman–Crippen MR) is 53.2 cm³/mol. The molecule has 0 aromatic carbocycles. The molecule has 0 rings (SSSR count). The predicted octanol–water partition coefficient (Wildman–Crippen LogP) is 0.123. The SMILES string of the molecule is COC(=O)C(C)S(=O)(=O)NCC(C)C. The Hall–Kier alpha value is -0.620. The third kappa shape index (κ3) is 4.06. The highest BCUT2D eigenvalue weighted by Gasteiger charge is 2.28. The molecule has 1 unspecified atom stereocenters. The number of methoxy groups -OCH3 is 1. The summed E-state index contributed by atoms with van der Waals surface area (Å²) in [6.07, 6.45) is 0. The molecule has 14 heavy (non-hydrogen) atoms. The minimum absolute atomic E-state index is 0.203. The van der Waals surface area contributed by atoms with Crippen molar-refractivity contribution in [3.05, 3.63) is 0 Å². The molecule has 0 aliphatic heterocycles. The van der Waals surface area contributed by atoms with Gasteiger partial charge in [0.1, 0.15) is 0 Å². The second kappa shape index (κ2) is 5.31. The quantitative estimate of drug-likeness (QED) is 0.672. The van der Waals surface area contributed by atoms with E-state index in [1.165, 1.54) is 6.92 Å². The number of nitrogens with one attached hydrogen (secondary N) is 1. The van der Waals surface area contributed by atoms with Gasteiger partial charge in [0.05, 0.1) is 7.11 Å². The Morgan fingerprint density at radius 3 is 2.21 bits per heavy atom. The van der Waals surface area contributed by atoms with Crippen LogP contribution in [0, 0.1) is 5.92 Å². The van der Waals surface area contributed by atoms with E-state index >= 15 is 0 Å². The first-order valence-corrected chi connectivity index (χ1v) is 5.92. The largest absolute Gasteiger partial charge is 0.468 e. The van der Waals surface area contributed by atoms with Gasteiger partial charge in [0.15, 0.2) is 5.25 Å².